The maximum atomic E-state index is 13.3. The number of nitrogens with two attached hydrogens (primary N) is 1. The Labute approximate surface area is 204 Å². The van der Waals surface area contributed by atoms with E-state index in [0.29, 0.717) is 24.4 Å². The summed E-state index contributed by atoms with van der Waals surface area (Å²) >= 11 is 3.10. The summed E-state index contributed by atoms with van der Waals surface area (Å²) in [5, 5.41) is 11.4. The van der Waals surface area contributed by atoms with Crippen LogP contribution < -0.4 is 5.73 Å². The number of hydrogen-bond donors (Lipinski definition) is 2. The van der Waals surface area contributed by atoms with Crippen LogP contribution in [-0.4, -0.2) is 42.5 Å². The van der Waals surface area contributed by atoms with Crippen LogP contribution in [0.4, 0.5) is 19.0 Å². The zero-order chi connectivity index (χ0) is 24.5. The Balaban J connectivity index is 1.40. The van der Waals surface area contributed by atoms with Gasteiger partial charge in [0.05, 0.1) is 22.0 Å². The van der Waals surface area contributed by atoms with Gasteiger partial charge in [0.25, 0.3) is 0 Å². The zero-order valence-electron chi connectivity index (χ0n) is 18.5. The molecular formula is C24H27BrF3N5O. The summed E-state index contributed by atoms with van der Waals surface area (Å²) in [4.78, 5) is 11.4. The molecule has 182 valence electrons. The average Bonchev–Trinajstić information content (AvgIpc) is 3.36. The van der Waals surface area contributed by atoms with Crippen LogP contribution in [0, 0.1) is 5.92 Å². The van der Waals surface area contributed by atoms with E-state index in [-0.39, 0.29) is 18.4 Å². The maximum absolute atomic E-state index is 13.3. The molecular weight excluding hydrogens is 511 g/mol. The van der Waals surface area contributed by atoms with Crippen molar-refractivity contribution in [1.29, 1.82) is 0 Å². The molecule has 6 nitrogen and oxygen atoms in total. The molecule has 0 spiro atoms. The highest BCUT2D eigenvalue weighted by atomic mass is 79.9. The lowest BCUT2D eigenvalue weighted by Crippen LogP contribution is -2.34. The van der Waals surface area contributed by atoms with E-state index in [4.69, 9.17) is 5.73 Å². The van der Waals surface area contributed by atoms with E-state index in [1.165, 1.54) is 6.33 Å². The first-order chi connectivity index (χ1) is 16.2. The van der Waals surface area contributed by atoms with Crippen molar-refractivity contribution < 1.29 is 18.3 Å². The van der Waals surface area contributed by atoms with Gasteiger partial charge in [-0.3, -0.25) is 0 Å². The van der Waals surface area contributed by atoms with Crippen molar-refractivity contribution in [3.63, 3.8) is 0 Å². The van der Waals surface area contributed by atoms with Crippen LogP contribution in [0.5, 0.6) is 0 Å². The third-order valence-electron chi connectivity index (χ3n) is 6.56. The number of aromatic nitrogens is 3. The van der Waals surface area contributed by atoms with Gasteiger partial charge in [-0.2, -0.15) is 13.2 Å². The molecule has 34 heavy (non-hydrogen) atoms. The normalized spacial score (nSPS) is 28.1. The largest absolute Gasteiger partial charge is 0.430 e. The number of aliphatic imine (C=N–C) groups is 1. The smallest absolute Gasteiger partial charge is 0.393 e. The molecule has 1 saturated carbocycles. The first-order valence-corrected chi connectivity index (χ1v) is 12.2. The van der Waals surface area contributed by atoms with Crippen molar-refractivity contribution in [2.75, 3.05) is 5.73 Å². The molecule has 1 aliphatic heterocycles. The van der Waals surface area contributed by atoms with Crippen molar-refractivity contribution in [1.82, 2.24) is 14.5 Å². The first kappa shape index (κ1) is 24.7. The second kappa shape index (κ2) is 10.0. The van der Waals surface area contributed by atoms with E-state index >= 15 is 0 Å². The highest BCUT2D eigenvalue weighted by Crippen LogP contribution is 2.40. The van der Waals surface area contributed by atoms with Gasteiger partial charge in [-0.15, -0.1) is 0 Å². The molecule has 0 radical (unpaired) electrons. The van der Waals surface area contributed by atoms with E-state index < -0.39 is 22.8 Å². The number of nitrogens with zero attached hydrogens (tertiary/aromatic N) is 4. The number of unbranched alkanes of at least 4 members (excludes halogenated alkanes) is 1. The van der Waals surface area contributed by atoms with Crippen LogP contribution in [0.3, 0.4) is 0 Å². The number of anilines is 1. The van der Waals surface area contributed by atoms with Gasteiger partial charge in [-0.05, 0) is 56.1 Å². The van der Waals surface area contributed by atoms with Gasteiger partial charge < -0.3 is 15.4 Å². The molecule has 4 unspecified atom stereocenters. The number of aliphatic hydroxyl groups is 1. The zero-order valence-corrected chi connectivity index (χ0v) is 20.1. The summed E-state index contributed by atoms with van der Waals surface area (Å²) in [6.45, 7) is 3.66. The van der Waals surface area contributed by atoms with Gasteiger partial charge in [0.2, 0.25) is 0 Å². The highest BCUT2D eigenvalue weighted by Gasteiger charge is 2.42. The second-order valence-electron chi connectivity index (χ2n) is 8.79. The van der Waals surface area contributed by atoms with Crippen LogP contribution in [0.15, 0.2) is 59.7 Å². The van der Waals surface area contributed by atoms with Crippen LogP contribution >= 0.6 is 15.9 Å². The van der Waals surface area contributed by atoms with Gasteiger partial charge in [-0.1, -0.05) is 40.7 Å². The summed E-state index contributed by atoms with van der Waals surface area (Å²) in [6, 6.07) is 2.00. The predicted molar refractivity (Wildman–Crippen MR) is 131 cm³/mol. The lowest BCUT2D eigenvalue weighted by Gasteiger charge is -2.24. The molecule has 3 heterocycles. The Bertz CT molecular complexity index is 1150. The Kier molecular flexibility index (Phi) is 7.28. The van der Waals surface area contributed by atoms with Crippen molar-refractivity contribution >= 4 is 38.5 Å². The van der Waals surface area contributed by atoms with Crippen LogP contribution in [-0.2, 0) is 0 Å². The van der Waals surface area contributed by atoms with E-state index in [9.17, 15) is 18.3 Å². The summed E-state index contributed by atoms with van der Waals surface area (Å²) < 4.78 is 42.0. The monoisotopic (exact) mass is 537 g/mol. The fourth-order valence-corrected chi connectivity index (χ4v) is 5.61. The third kappa shape index (κ3) is 5.12. The molecule has 1 aliphatic carbocycles. The van der Waals surface area contributed by atoms with Crippen molar-refractivity contribution in [2.24, 2.45) is 10.9 Å². The standard InChI is InChI=1S/C24H27BrF3N5O/c1-2-5-14-11-18(25)21(24(26,27)28)32-19(14)7-4-3-6-15-10-16(12-20(15)34)33-9-8-17-22(29)30-13-31-23(17)33/h2,5,7-9,13,15-16,18,20,34H,1,3-4,6,10-12H2,(H2,29,30,31)/b14-5-,19-7+. The number of alkyl halides is 4. The summed E-state index contributed by atoms with van der Waals surface area (Å²) in [7, 11) is 0. The number of aliphatic hydroxyl groups excluding tert-OH is 1. The minimum Gasteiger partial charge on any atom is -0.393 e. The topological polar surface area (TPSA) is 89.3 Å². The van der Waals surface area contributed by atoms with E-state index in [1.54, 1.807) is 18.2 Å². The molecule has 10 heteroatoms. The van der Waals surface area contributed by atoms with Crippen LogP contribution in [0.2, 0.25) is 0 Å². The van der Waals surface area contributed by atoms with Crippen molar-refractivity contribution in [3.8, 4) is 0 Å². The van der Waals surface area contributed by atoms with Crippen molar-refractivity contribution in [3.05, 3.63) is 54.7 Å². The number of allylic oxidation sites excluding steroid dienone is 4. The number of fused-ring (bicyclic) bond motifs is 1. The fraction of sp³-hybridized carbons (Fsp3) is 0.458. The summed E-state index contributed by atoms with van der Waals surface area (Å²) in [6.07, 6.45) is 7.22. The molecule has 1 fully saturated rings. The first-order valence-electron chi connectivity index (χ1n) is 11.3. The van der Waals surface area contributed by atoms with Gasteiger partial charge in [0, 0.05) is 12.2 Å². The molecule has 0 bridgehead atoms. The minimum atomic E-state index is -4.48. The minimum absolute atomic E-state index is 0.107. The summed E-state index contributed by atoms with van der Waals surface area (Å²) in [5.41, 5.74) is 6.96. The van der Waals surface area contributed by atoms with Crippen molar-refractivity contribution in [2.45, 2.75) is 61.7 Å². The molecule has 0 saturated heterocycles. The molecule has 0 amide bonds. The Morgan fingerprint density at radius 3 is 2.82 bits per heavy atom. The lowest BCUT2D eigenvalue weighted by molar-refractivity contribution is -0.0602. The van der Waals surface area contributed by atoms with Gasteiger partial charge >= 0.3 is 6.18 Å². The van der Waals surface area contributed by atoms with Crippen LogP contribution in [0.1, 0.15) is 44.6 Å². The Morgan fingerprint density at radius 1 is 1.29 bits per heavy atom. The molecule has 2 aromatic heterocycles. The van der Waals surface area contributed by atoms with Gasteiger partial charge in [0.1, 0.15) is 23.5 Å². The second-order valence-corrected chi connectivity index (χ2v) is 9.89. The van der Waals surface area contributed by atoms with E-state index in [1.807, 2.05) is 12.3 Å². The molecule has 3 N–H and O–H groups in total. The highest BCUT2D eigenvalue weighted by molar-refractivity contribution is 9.10. The lowest BCUT2D eigenvalue weighted by atomic mass is 9.96. The van der Waals surface area contributed by atoms with Gasteiger partial charge in [-0.25, -0.2) is 15.0 Å². The Morgan fingerprint density at radius 2 is 2.09 bits per heavy atom. The van der Waals surface area contributed by atoms with E-state index in [0.717, 1.165) is 35.9 Å². The van der Waals surface area contributed by atoms with Gasteiger partial charge in [0.15, 0.2) is 0 Å². The molecule has 4 rings (SSSR count). The fourth-order valence-electron chi connectivity index (χ4n) is 4.89. The maximum Gasteiger partial charge on any atom is 0.430 e. The predicted octanol–water partition coefficient (Wildman–Crippen LogP) is 5.66. The third-order valence-corrected chi connectivity index (χ3v) is 7.32. The SMILES string of the molecule is C=C/C=C1/CC(Br)C(C(F)(F)F)=N/C1=C/CCCC1CC(n2ccc3c(N)ncnc32)CC1O. The quantitative estimate of drug-likeness (QED) is 0.367. The molecule has 2 aliphatic rings. The average molecular weight is 538 g/mol. The number of nitrogen functional groups attached to an aromatic ring is 1. The van der Waals surface area contributed by atoms with E-state index in [2.05, 4.69) is 42.0 Å². The molecule has 4 atom stereocenters. The number of rotatable bonds is 6. The number of hydrogen-bond acceptors (Lipinski definition) is 5. The van der Waals surface area contributed by atoms with Crippen LogP contribution in [0.25, 0.3) is 11.0 Å². The molecule has 0 aromatic carbocycles. The number of halogens is 4. The summed E-state index contributed by atoms with van der Waals surface area (Å²) in [5.74, 6) is 0.540. The Hall–Kier alpha value is -2.46. The molecule has 2 aromatic rings.